The molecule has 0 fully saturated rings. The van der Waals surface area contributed by atoms with Gasteiger partial charge in [-0.1, -0.05) is 36.4 Å². The van der Waals surface area contributed by atoms with Gasteiger partial charge in [0, 0.05) is 11.3 Å². The molecule has 0 spiro atoms. The van der Waals surface area contributed by atoms with Crippen molar-refractivity contribution in [2.45, 2.75) is 6.92 Å². The highest BCUT2D eigenvalue weighted by Gasteiger charge is 2.14. The van der Waals surface area contributed by atoms with Gasteiger partial charge in [0.05, 0.1) is 17.8 Å². The summed E-state index contributed by atoms with van der Waals surface area (Å²) in [6.45, 7) is 1.72. The third kappa shape index (κ3) is 6.18. The quantitative estimate of drug-likeness (QED) is 0.354. The zero-order valence-corrected chi connectivity index (χ0v) is 19.2. The van der Waals surface area contributed by atoms with E-state index in [-0.39, 0.29) is 18.4 Å². The van der Waals surface area contributed by atoms with E-state index >= 15 is 0 Å². The van der Waals surface area contributed by atoms with E-state index in [0.29, 0.717) is 27.1 Å². The number of hydrazone groups is 1. The molecule has 164 valence electrons. The van der Waals surface area contributed by atoms with Crippen LogP contribution >= 0.6 is 15.9 Å². The number of rotatable bonds is 8. The van der Waals surface area contributed by atoms with Crippen LogP contribution in [-0.4, -0.2) is 31.7 Å². The average molecular weight is 496 g/mol. The van der Waals surface area contributed by atoms with Crippen molar-refractivity contribution < 1.29 is 19.1 Å². The number of hydrogen-bond acceptors (Lipinski definition) is 5. The minimum Gasteiger partial charge on any atom is -0.493 e. The third-order valence-corrected chi connectivity index (χ3v) is 5.02. The van der Waals surface area contributed by atoms with E-state index in [0.717, 1.165) is 11.3 Å². The van der Waals surface area contributed by atoms with Gasteiger partial charge in [0.1, 0.15) is 0 Å². The lowest BCUT2D eigenvalue weighted by Gasteiger charge is -2.14. The first kappa shape index (κ1) is 23.0. The smallest absolute Gasteiger partial charge is 0.271 e. The molecule has 8 heteroatoms. The molecule has 3 aromatic carbocycles. The number of carbonyl (C=O) groups is 2. The third-order valence-electron chi connectivity index (χ3n) is 4.43. The largest absolute Gasteiger partial charge is 0.493 e. The molecule has 3 aromatic rings. The van der Waals surface area contributed by atoms with Crippen LogP contribution in [0.1, 0.15) is 21.5 Å². The number of nitrogens with one attached hydrogen (secondary N) is 2. The number of carbonyl (C=O) groups excluding carboxylic acids is 2. The molecule has 0 unspecified atom stereocenters. The minimum absolute atomic E-state index is 0.191. The summed E-state index contributed by atoms with van der Waals surface area (Å²) < 4.78 is 11.7. The molecular formula is C24H22BrN3O4. The van der Waals surface area contributed by atoms with E-state index in [1.807, 2.05) is 37.3 Å². The summed E-state index contributed by atoms with van der Waals surface area (Å²) in [5.41, 5.74) is 5.35. The van der Waals surface area contributed by atoms with Crippen molar-refractivity contribution in [3.05, 3.63) is 87.9 Å². The molecule has 0 aliphatic rings. The predicted octanol–water partition coefficient (Wildman–Crippen LogP) is 4.55. The number of anilines is 1. The summed E-state index contributed by atoms with van der Waals surface area (Å²) in [6.07, 6.45) is 1.49. The van der Waals surface area contributed by atoms with Crippen molar-refractivity contribution in [2.24, 2.45) is 5.10 Å². The Bertz CT molecular complexity index is 1130. The molecule has 0 atom stereocenters. The van der Waals surface area contributed by atoms with Crippen molar-refractivity contribution in [1.82, 2.24) is 5.43 Å². The number of nitrogens with zero attached hydrogens (tertiary/aromatic N) is 1. The summed E-state index contributed by atoms with van der Waals surface area (Å²) in [5.74, 6) is 0.201. The fourth-order valence-corrected chi connectivity index (χ4v) is 3.39. The second kappa shape index (κ2) is 11.1. The van der Waals surface area contributed by atoms with Crippen LogP contribution in [0.4, 0.5) is 5.69 Å². The standard InChI is InChI=1S/C24H22BrN3O4/c1-16-8-6-7-11-20(16)27-22(29)15-32-23-19(25)12-17(13-21(23)31-2)14-26-28-24(30)18-9-4-3-5-10-18/h3-14H,15H2,1-2H3,(H,27,29)(H,28,30)/b26-14+. The fraction of sp³-hybridized carbons (Fsp3) is 0.125. The van der Waals surface area contributed by atoms with Crippen LogP contribution < -0.4 is 20.2 Å². The van der Waals surface area contributed by atoms with Crippen molar-refractivity contribution in [2.75, 3.05) is 19.0 Å². The first-order chi connectivity index (χ1) is 15.5. The van der Waals surface area contributed by atoms with Gasteiger partial charge in [0.15, 0.2) is 18.1 Å². The van der Waals surface area contributed by atoms with Crippen LogP contribution in [0.3, 0.4) is 0 Å². The van der Waals surface area contributed by atoms with E-state index in [9.17, 15) is 9.59 Å². The van der Waals surface area contributed by atoms with Gasteiger partial charge in [-0.3, -0.25) is 9.59 Å². The van der Waals surface area contributed by atoms with Crippen LogP contribution in [0.25, 0.3) is 0 Å². The van der Waals surface area contributed by atoms with E-state index < -0.39 is 0 Å². The van der Waals surface area contributed by atoms with Crippen molar-refractivity contribution >= 4 is 39.6 Å². The molecule has 0 aliphatic carbocycles. The topological polar surface area (TPSA) is 89.0 Å². The van der Waals surface area contributed by atoms with E-state index in [1.54, 1.807) is 36.4 Å². The molecule has 0 saturated heterocycles. The Kier molecular flexibility index (Phi) is 7.99. The van der Waals surface area contributed by atoms with Gasteiger partial charge < -0.3 is 14.8 Å². The Morgan fingerprint density at radius 1 is 1.06 bits per heavy atom. The van der Waals surface area contributed by atoms with Crippen molar-refractivity contribution in [3.63, 3.8) is 0 Å². The second-order valence-electron chi connectivity index (χ2n) is 6.75. The van der Waals surface area contributed by atoms with Gasteiger partial charge in [-0.25, -0.2) is 5.43 Å². The van der Waals surface area contributed by atoms with Gasteiger partial charge in [-0.2, -0.15) is 5.10 Å². The Labute approximate surface area is 194 Å². The van der Waals surface area contributed by atoms with Crippen molar-refractivity contribution in [1.29, 1.82) is 0 Å². The Morgan fingerprint density at radius 2 is 1.78 bits per heavy atom. The number of para-hydroxylation sites is 1. The lowest BCUT2D eigenvalue weighted by atomic mass is 10.2. The number of halogens is 1. The van der Waals surface area contributed by atoms with Crippen LogP contribution in [-0.2, 0) is 4.79 Å². The number of hydrogen-bond donors (Lipinski definition) is 2. The summed E-state index contributed by atoms with van der Waals surface area (Å²) in [4.78, 5) is 24.3. The minimum atomic E-state index is -0.313. The molecule has 0 aliphatic heterocycles. The summed E-state index contributed by atoms with van der Waals surface area (Å²) >= 11 is 3.44. The monoisotopic (exact) mass is 495 g/mol. The van der Waals surface area contributed by atoms with Crippen LogP contribution in [0.15, 0.2) is 76.3 Å². The number of ether oxygens (including phenoxy) is 2. The molecule has 32 heavy (non-hydrogen) atoms. The average Bonchev–Trinajstić information content (AvgIpc) is 2.80. The molecule has 3 rings (SSSR count). The predicted molar refractivity (Wildman–Crippen MR) is 127 cm³/mol. The zero-order chi connectivity index (χ0) is 22.9. The van der Waals surface area contributed by atoms with Gasteiger partial charge >= 0.3 is 0 Å². The second-order valence-corrected chi connectivity index (χ2v) is 7.61. The Hall–Kier alpha value is -3.65. The zero-order valence-electron chi connectivity index (χ0n) is 17.6. The first-order valence-corrected chi connectivity index (χ1v) is 10.5. The highest BCUT2D eigenvalue weighted by Crippen LogP contribution is 2.36. The van der Waals surface area contributed by atoms with Gasteiger partial charge in [-0.05, 0) is 64.3 Å². The van der Waals surface area contributed by atoms with E-state index in [2.05, 4.69) is 31.8 Å². The highest BCUT2D eigenvalue weighted by molar-refractivity contribution is 9.10. The van der Waals surface area contributed by atoms with Gasteiger partial charge in [-0.15, -0.1) is 0 Å². The summed E-state index contributed by atoms with van der Waals surface area (Å²) in [6, 6.07) is 19.7. The Balaban J connectivity index is 1.63. The number of benzene rings is 3. The maximum Gasteiger partial charge on any atom is 0.271 e. The van der Waals surface area contributed by atoms with Crippen LogP contribution in [0.5, 0.6) is 11.5 Å². The van der Waals surface area contributed by atoms with Crippen molar-refractivity contribution in [3.8, 4) is 11.5 Å². The summed E-state index contributed by atoms with van der Waals surface area (Å²) in [5, 5.41) is 6.81. The lowest BCUT2D eigenvalue weighted by molar-refractivity contribution is -0.118. The number of aryl methyl sites for hydroxylation is 1. The highest BCUT2D eigenvalue weighted by atomic mass is 79.9. The molecule has 0 radical (unpaired) electrons. The molecule has 7 nitrogen and oxygen atoms in total. The number of amides is 2. The first-order valence-electron chi connectivity index (χ1n) is 9.72. The molecule has 0 heterocycles. The van der Waals surface area contributed by atoms with Gasteiger partial charge in [0.25, 0.3) is 11.8 Å². The fourth-order valence-electron chi connectivity index (χ4n) is 2.81. The van der Waals surface area contributed by atoms with E-state index in [4.69, 9.17) is 9.47 Å². The lowest BCUT2D eigenvalue weighted by Crippen LogP contribution is -2.21. The molecule has 2 N–H and O–H groups in total. The SMILES string of the molecule is COc1cc(/C=N/NC(=O)c2ccccc2)cc(Br)c1OCC(=O)Nc1ccccc1C. The van der Waals surface area contributed by atoms with Crippen LogP contribution in [0.2, 0.25) is 0 Å². The maximum absolute atomic E-state index is 12.3. The van der Waals surface area contributed by atoms with Crippen LogP contribution in [0, 0.1) is 6.92 Å². The summed E-state index contributed by atoms with van der Waals surface area (Å²) in [7, 11) is 1.50. The Morgan fingerprint density at radius 3 is 2.50 bits per heavy atom. The maximum atomic E-state index is 12.3. The molecule has 0 saturated carbocycles. The molecule has 0 bridgehead atoms. The normalized spacial score (nSPS) is 10.6. The van der Waals surface area contributed by atoms with Gasteiger partial charge in [0.2, 0.25) is 0 Å². The molecular weight excluding hydrogens is 474 g/mol. The molecule has 2 amide bonds. The molecule has 0 aromatic heterocycles. The number of methoxy groups -OCH3 is 1. The van der Waals surface area contributed by atoms with E-state index in [1.165, 1.54) is 13.3 Å².